The van der Waals surface area contributed by atoms with Crippen LogP contribution in [0.5, 0.6) is 5.75 Å². The lowest BCUT2D eigenvalue weighted by molar-refractivity contribution is -0.143. The molecule has 0 radical (unpaired) electrons. The van der Waals surface area contributed by atoms with E-state index in [0.29, 0.717) is 31.8 Å². The van der Waals surface area contributed by atoms with Crippen molar-refractivity contribution in [2.45, 2.75) is 46.1 Å². The van der Waals surface area contributed by atoms with Crippen molar-refractivity contribution in [1.29, 1.82) is 0 Å². The van der Waals surface area contributed by atoms with E-state index in [4.69, 9.17) is 19.0 Å². The quantitative estimate of drug-likeness (QED) is 0.554. The maximum atomic E-state index is 11.7. The lowest BCUT2D eigenvalue weighted by atomic mass is 10.2. The van der Waals surface area contributed by atoms with Gasteiger partial charge in [-0.15, -0.1) is 0 Å². The molecular weight excluding hydrogens is 276 g/mol. The highest BCUT2D eigenvalue weighted by molar-refractivity contribution is 5.69. The summed E-state index contributed by atoms with van der Waals surface area (Å²) in [6, 6.07) is 1.33. The van der Waals surface area contributed by atoms with E-state index in [1.807, 2.05) is 0 Å². The number of hydrogen-bond donors (Lipinski definition) is 1. The molecule has 0 saturated heterocycles. The number of carbonyl (C=O) groups is 1. The molecule has 0 aliphatic rings. The fraction of sp³-hybridized carbons (Fsp3) is 0.600. The normalized spacial score (nSPS) is 10.4. The summed E-state index contributed by atoms with van der Waals surface area (Å²) in [5.41, 5.74) is -0.297. The van der Waals surface area contributed by atoms with Crippen LogP contribution in [0.3, 0.4) is 0 Å². The molecule has 1 aromatic heterocycles. The molecule has 0 unspecified atom stereocenters. The van der Waals surface area contributed by atoms with Gasteiger partial charge in [0.05, 0.1) is 13.2 Å². The lowest BCUT2D eigenvalue weighted by Gasteiger charge is -2.09. The van der Waals surface area contributed by atoms with E-state index in [0.717, 1.165) is 12.8 Å². The van der Waals surface area contributed by atoms with Gasteiger partial charge in [-0.2, -0.15) is 0 Å². The monoisotopic (exact) mass is 298 g/mol. The Morgan fingerprint density at radius 3 is 2.76 bits per heavy atom. The highest BCUT2D eigenvalue weighted by Crippen LogP contribution is 2.15. The summed E-state index contributed by atoms with van der Waals surface area (Å²) in [7, 11) is 0. The van der Waals surface area contributed by atoms with Crippen molar-refractivity contribution < 1.29 is 23.8 Å². The molecular formula is C15H22O6. The van der Waals surface area contributed by atoms with Crippen LogP contribution >= 0.6 is 0 Å². The van der Waals surface area contributed by atoms with Gasteiger partial charge in [0, 0.05) is 12.5 Å². The zero-order valence-corrected chi connectivity index (χ0v) is 12.5. The lowest BCUT2D eigenvalue weighted by Crippen LogP contribution is -2.12. The molecule has 0 bridgehead atoms. The second-order valence-corrected chi connectivity index (χ2v) is 4.60. The number of aliphatic hydroxyl groups is 1. The molecule has 0 saturated carbocycles. The van der Waals surface area contributed by atoms with Gasteiger partial charge >= 0.3 is 5.97 Å². The van der Waals surface area contributed by atoms with E-state index in [9.17, 15) is 9.59 Å². The number of hydrogen-bond acceptors (Lipinski definition) is 6. The summed E-state index contributed by atoms with van der Waals surface area (Å²) in [6.45, 7) is 3.77. The predicted octanol–water partition coefficient (Wildman–Crippen LogP) is 1.94. The first-order valence-electron chi connectivity index (χ1n) is 7.11. The second-order valence-electron chi connectivity index (χ2n) is 4.60. The summed E-state index contributed by atoms with van der Waals surface area (Å²) < 4.78 is 15.4. The number of aryl methyl sites for hydroxylation is 1. The minimum atomic E-state index is -0.380. The standard InChI is InChI=1S/C15H22O6/c1-3-19-14(18)7-5-4-6-8-20-15-12(17)9-11(2)21-13(15)10-16/h9,16H,3-8,10H2,1-2H3. The van der Waals surface area contributed by atoms with Crippen LogP contribution in [-0.4, -0.2) is 24.3 Å². The Morgan fingerprint density at radius 1 is 1.33 bits per heavy atom. The summed E-state index contributed by atoms with van der Waals surface area (Å²) in [6.07, 6.45) is 2.61. The Labute approximate surface area is 123 Å². The SMILES string of the molecule is CCOC(=O)CCCCCOc1c(CO)oc(C)cc1=O. The smallest absolute Gasteiger partial charge is 0.305 e. The highest BCUT2D eigenvalue weighted by Gasteiger charge is 2.11. The number of carbonyl (C=O) groups excluding carboxylic acids is 1. The van der Waals surface area contributed by atoms with Crippen molar-refractivity contribution in [3.8, 4) is 5.75 Å². The summed E-state index contributed by atoms with van der Waals surface area (Å²) in [5.74, 6) is 0.450. The zero-order valence-electron chi connectivity index (χ0n) is 12.5. The third-order valence-corrected chi connectivity index (χ3v) is 2.82. The molecule has 1 rings (SSSR count). The average Bonchev–Trinajstić information content (AvgIpc) is 2.44. The van der Waals surface area contributed by atoms with Gasteiger partial charge in [0.1, 0.15) is 12.4 Å². The van der Waals surface area contributed by atoms with Crippen molar-refractivity contribution in [2.24, 2.45) is 0 Å². The number of unbranched alkanes of at least 4 members (excludes halogenated alkanes) is 2. The molecule has 0 spiro atoms. The van der Waals surface area contributed by atoms with E-state index in [2.05, 4.69) is 0 Å². The van der Waals surface area contributed by atoms with Crippen LogP contribution < -0.4 is 10.2 Å². The zero-order chi connectivity index (χ0) is 15.7. The number of aliphatic hydroxyl groups excluding tert-OH is 1. The van der Waals surface area contributed by atoms with E-state index >= 15 is 0 Å². The van der Waals surface area contributed by atoms with E-state index in [-0.39, 0.29) is 29.5 Å². The first-order valence-corrected chi connectivity index (χ1v) is 7.11. The number of esters is 1. The van der Waals surface area contributed by atoms with Crippen LogP contribution in [0.25, 0.3) is 0 Å². The van der Waals surface area contributed by atoms with E-state index in [1.54, 1.807) is 13.8 Å². The van der Waals surface area contributed by atoms with Crippen LogP contribution in [0.15, 0.2) is 15.3 Å². The highest BCUT2D eigenvalue weighted by atomic mass is 16.5. The minimum Gasteiger partial charge on any atom is -0.486 e. The molecule has 0 aliphatic heterocycles. The molecule has 118 valence electrons. The summed E-state index contributed by atoms with van der Waals surface area (Å²) in [5, 5.41) is 9.16. The molecule has 0 atom stereocenters. The van der Waals surface area contributed by atoms with Crippen molar-refractivity contribution in [3.05, 3.63) is 27.8 Å². The molecule has 1 heterocycles. The van der Waals surface area contributed by atoms with Crippen molar-refractivity contribution in [3.63, 3.8) is 0 Å². The topological polar surface area (TPSA) is 86.0 Å². The van der Waals surface area contributed by atoms with Crippen molar-refractivity contribution >= 4 is 5.97 Å². The molecule has 21 heavy (non-hydrogen) atoms. The largest absolute Gasteiger partial charge is 0.486 e. The van der Waals surface area contributed by atoms with Crippen LogP contribution in [0.2, 0.25) is 0 Å². The van der Waals surface area contributed by atoms with Crippen molar-refractivity contribution in [1.82, 2.24) is 0 Å². The molecule has 0 amide bonds. The minimum absolute atomic E-state index is 0.0634. The molecule has 0 fully saturated rings. The summed E-state index contributed by atoms with van der Waals surface area (Å²) in [4.78, 5) is 22.9. The van der Waals surface area contributed by atoms with Gasteiger partial charge in [-0.1, -0.05) is 0 Å². The van der Waals surface area contributed by atoms with Crippen LogP contribution in [-0.2, 0) is 16.1 Å². The van der Waals surface area contributed by atoms with Gasteiger partial charge in [-0.25, -0.2) is 0 Å². The van der Waals surface area contributed by atoms with E-state index < -0.39 is 0 Å². The molecule has 1 aromatic rings. The maximum absolute atomic E-state index is 11.7. The molecule has 6 heteroatoms. The average molecular weight is 298 g/mol. The van der Waals surface area contributed by atoms with Gasteiger partial charge < -0.3 is 19.0 Å². The van der Waals surface area contributed by atoms with E-state index in [1.165, 1.54) is 6.07 Å². The molecule has 1 N–H and O–H groups in total. The van der Waals surface area contributed by atoms with Gasteiger partial charge in [-0.3, -0.25) is 9.59 Å². The first-order chi connectivity index (χ1) is 10.1. The molecule has 0 aliphatic carbocycles. The van der Waals surface area contributed by atoms with Crippen molar-refractivity contribution in [2.75, 3.05) is 13.2 Å². The Balaban J connectivity index is 2.33. The fourth-order valence-corrected chi connectivity index (χ4v) is 1.87. The van der Waals surface area contributed by atoms with Gasteiger partial charge in [0.15, 0.2) is 5.76 Å². The molecule has 0 aromatic carbocycles. The maximum Gasteiger partial charge on any atom is 0.305 e. The molecule has 6 nitrogen and oxygen atoms in total. The fourth-order valence-electron chi connectivity index (χ4n) is 1.87. The Hall–Kier alpha value is -1.82. The van der Waals surface area contributed by atoms with Crippen LogP contribution in [0.4, 0.5) is 0 Å². The first kappa shape index (κ1) is 17.2. The number of rotatable bonds is 9. The Kier molecular flexibility index (Phi) is 7.53. The Bertz CT molecular complexity index is 505. The van der Waals surface area contributed by atoms with Crippen LogP contribution in [0, 0.1) is 6.92 Å². The number of ether oxygens (including phenoxy) is 2. The second kappa shape index (κ2) is 9.18. The third-order valence-electron chi connectivity index (χ3n) is 2.82. The predicted molar refractivity (Wildman–Crippen MR) is 76.2 cm³/mol. The van der Waals surface area contributed by atoms with Gasteiger partial charge in [-0.05, 0) is 33.1 Å². The third kappa shape index (κ3) is 5.99. The summed E-state index contributed by atoms with van der Waals surface area (Å²) >= 11 is 0. The van der Waals surface area contributed by atoms with Gasteiger partial charge in [0.25, 0.3) is 0 Å². The van der Waals surface area contributed by atoms with Gasteiger partial charge in [0.2, 0.25) is 11.2 Å². The Morgan fingerprint density at radius 2 is 2.10 bits per heavy atom. The van der Waals surface area contributed by atoms with Crippen LogP contribution in [0.1, 0.15) is 44.1 Å².